The van der Waals surface area contributed by atoms with Crippen molar-refractivity contribution >= 4 is 5.91 Å². The smallest absolute Gasteiger partial charge is 0.223 e. The van der Waals surface area contributed by atoms with E-state index in [-0.39, 0.29) is 24.1 Å². The number of aliphatic hydroxyl groups is 1. The lowest BCUT2D eigenvalue weighted by Gasteiger charge is -2.20. The van der Waals surface area contributed by atoms with Gasteiger partial charge in [-0.25, -0.2) is 8.78 Å². The van der Waals surface area contributed by atoms with Crippen molar-refractivity contribution in [3.63, 3.8) is 0 Å². The number of amides is 1. The van der Waals surface area contributed by atoms with Crippen LogP contribution in [0.15, 0.2) is 42.5 Å². The number of para-hydroxylation sites is 1. The maximum atomic E-state index is 13.9. The molecule has 0 saturated heterocycles. The molecule has 0 bridgehead atoms. The van der Waals surface area contributed by atoms with Gasteiger partial charge in [0.2, 0.25) is 5.91 Å². The van der Waals surface area contributed by atoms with Gasteiger partial charge in [-0.2, -0.15) is 0 Å². The Bertz CT molecular complexity index is 766. The SMILES string of the molecule is O=C(CC(O)c1cccc(F)c1)NC1CCCOc2c(F)cccc21. The maximum Gasteiger partial charge on any atom is 0.223 e. The van der Waals surface area contributed by atoms with Gasteiger partial charge in [-0.3, -0.25) is 4.79 Å². The summed E-state index contributed by atoms with van der Waals surface area (Å²) >= 11 is 0. The van der Waals surface area contributed by atoms with E-state index in [1.807, 2.05) is 0 Å². The number of hydrogen-bond acceptors (Lipinski definition) is 3. The van der Waals surface area contributed by atoms with Crippen LogP contribution in [0.1, 0.15) is 42.5 Å². The van der Waals surface area contributed by atoms with Crippen LogP contribution in [0.5, 0.6) is 5.75 Å². The molecule has 0 saturated carbocycles. The predicted octanol–water partition coefficient (Wildman–Crippen LogP) is 3.42. The Hall–Kier alpha value is -2.47. The Labute approximate surface area is 144 Å². The summed E-state index contributed by atoms with van der Waals surface area (Å²) < 4.78 is 32.6. The molecule has 4 nitrogen and oxygen atoms in total. The van der Waals surface area contributed by atoms with E-state index in [4.69, 9.17) is 4.74 Å². The third-order valence-electron chi connectivity index (χ3n) is 4.20. The van der Waals surface area contributed by atoms with Crippen LogP contribution in [0.3, 0.4) is 0 Å². The largest absolute Gasteiger partial charge is 0.490 e. The molecule has 0 aliphatic carbocycles. The van der Waals surface area contributed by atoms with E-state index in [2.05, 4.69) is 5.32 Å². The first-order chi connectivity index (χ1) is 12.0. The zero-order valence-corrected chi connectivity index (χ0v) is 13.5. The molecule has 0 fully saturated rings. The second kappa shape index (κ2) is 7.61. The standard InChI is InChI=1S/C19H19F2NO3/c20-13-5-1-4-12(10-13)17(23)11-18(24)22-16-8-3-9-25-19-14(16)6-2-7-15(19)21/h1-2,4-7,10,16-17,23H,3,8-9,11H2,(H,22,24). The van der Waals surface area contributed by atoms with Crippen molar-refractivity contribution in [1.82, 2.24) is 5.32 Å². The minimum atomic E-state index is -1.11. The van der Waals surface area contributed by atoms with E-state index in [1.165, 1.54) is 24.3 Å². The lowest BCUT2D eigenvalue weighted by molar-refractivity contribution is -0.123. The molecule has 0 aromatic heterocycles. The molecule has 1 amide bonds. The summed E-state index contributed by atoms with van der Waals surface area (Å²) in [6, 6.07) is 9.73. The summed E-state index contributed by atoms with van der Waals surface area (Å²) in [5.74, 6) is -1.16. The molecule has 2 N–H and O–H groups in total. The lowest BCUT2D eigenvalue weighted by atomic mass is 10.0. The molecule has 0 radical (unpaired) electrons. The van der Waals surface area contributed by atoms with Crippen LogP contribution in [-0.4, -0.2) is 17.6 Å². The van der Waals surface area contributed by atoms with E-state index in [0.717, 1.165) is 0 Å². The highest BCUT2D eigenvalue weighted by atomic mass is 19.1. The molecule has 1 heterocycles. The fourth-order valence-corrected chi connectivity index (χ4v) is 2.98. The molecule has 2 aromatic carbocycles. The van der Waals surface area contributed by atoms with Gasteiger partial charge in [0.25, 0.3) is 0 Å². The fraction of sp³-hybridized carbons (Fsp3) is 0.316. The van der Waals surface area contributed by atoms with E-state index >= 15 is 0 Å². The van der Waals surface area contributed by atoms with Gasteiger partial charge in [-0.15, -0.1) is 0 Å². The van der Waals surface area contributed by atoms with Gasteiger partial charge in [-0.05, 0) is 36.6 Å². The van der Waals surface area contributed by atoms with Crippen LogP contribution in [0.25, 0.3) is 0 Å². The molecule has 132 valence electrons. The average Bonchev–Trinajstić information content (AvgIpc) is 2.78. The van der Waals surface area contributed by atoms with Crippen molar-refractivity contribution in [1.29, 1.82) is 0 Å². The first kappa shape index (κ1) is 17.4. The first-order valence-corrected chi connectivity index (χ1v) is 8.18. The molecule has 2 aromatic rings. The molecule has 2 unspecified atom stereocenters. The average molecular weight is 347 g/mol. The van der Waals surface area contributed by atoms with Gasteiger partial charge in [0.15, 0.2) is 11.6 Å². The Balaban J connectivity index is 1.70. The summed E-state index contributed by atoms with van der Waals surface area (Å²) in [7, 11) is 0. The highest BCUT2D eigenvalue weighted by Crippen LogP contribution is 2.33. The molecular weight excluding hydrogens is 328 g/mol. The summed E-state index contributed by atoms with van der Waals surface area (Å²) in [4.78, 5) is 12.3. The van der Waals surface area contributed by atoms with Crippen molar-refractivity contribution in [2.75, 3.05) is 6.61 Å². The van der Waals surface area contributed by atoms with Crippen LogP contribution in [0.2, 0.25) is 0 Å². The Morgan fingerprint density at radius 3 is 2.88 bits per heavy atom. The van der Waals surface area contributed by atoms with Crippen LogP contribution in [0.4, 0.5) is 8.78 Å². The second-order valence-electron chi connectivity index (χ2n) is 6.04. The number of aliphatic hydroxyl groups excluding tert-OH is 1. The highest BCUT2D eigenvalue weighted by Gasteiger charge is 2.24. The third-order valence-corrected chi connectivity index (χ3v) is 4.20. The molecule has 0 spiro atoms. The normalized spacial score (nSPS) is 17.8. The third kappa shape index (κ3) is 4.14. The van der Waals surface area contributed by atoms with E-state index in [9.17, 15) is 18.7 Å². The minimum absolute atomic E-state index is 0.163. The van der Waals surface area contributed by atoms with Crippen LogP contribution in [0, 0.1) is 11.6 Å². The Morgan fingerprint density at radius 2 is 2.08 bits per heavy atom. The maximum absolute atomic E-state index is 13.9. The van der Waals surface area contributed by atoms with Crippen LogP contribution < -0.4 is 10.1 Å². The summed E-state index contributed by atoms with van der Waals surface area (Å²) in [6.07, 6.45) is -0.0282. The summed E-state index contributed by atoms with van der Waals surface area (Å²) in [6.45, 7) is 0.381. The lowest BCUT2D eigenvalue weighted by Crippen LogP contribution is -2.29. The fourth-order valence-electron chi connectivity index (χ4n) is 2.98. The summed E-state index contributed by atoms with van der Waals surface area (Å²) in [5.41, 5.74) is 0.928. The number of fused-ring (bicyclic) bond motifs is 1. The zero-order valence-electron chi connectivity index (χ0n) is 13.5. The highest BCUT2D eigenvalue weighted by molar-refractivity contribution is 5.77. The van der Waals surface area contributed by atoms with Crippen molar-refractivity contribution in [2.24, 2.45) is 0 Å². The van der Waals surface area contributed by atoms with E-state index in [0.29, 0.717) is 30.6 Å². The van der Waals surface area contributed by atoms with E-state index in [1.54, 1.807) is 18.2 Å². The number of nitrogens with one attached hydrogen (secondary N) is 1. The van der Waals surface area contributed by atoms with Crippen molar-refractivity contribution < 1.29 is 23.4 Å². The van der Waals surface area contributed by atoms with Gasteiger partial charge in [0, 0.05) is 5.56 Å². The number of carbonyl (C=O) groups excluding carboxylic acids is 1. The van der Waals surface area contributed by atoms with Crippen LogP contribution in [-0.2, 0) is 4.79 Å². The number of ether oxygens (including phenoxy) is 1. The number of benzene rings is 2. The number of rotatable bonds is 4. The molecule has 25 heavy (non-hydrogen) atoms. The molecule has 6 heteroatoms. The quantitative estimate of drug-likeness (QED) is 0.891. The first-order valence-electron chi connectivity index (χ1n) is 8.18. The van der Waals surface area contributed by atoms with Gasteiger partial charge in [-0.1, -0.05) is 24.3 Å². The van der Waals surface area contributed by atoms with Crippen molar-refractivity contribution in [2.45, 2.75) is 31.4 Å². The Kier molecular flexibility index (Phi) is 5.28. The minimum Gasteiger partial charge on any atom is -0.490 e. The predicted molar refractivity (Wildman–Crippen MR) is 88.0 cm³/mol. The van der Waals surface area contributed by atoms with E-state index < -0.39 is 17.7 Å². The zero-order chi connectivity index (χ0) is 17.8. The van der Waals surface area contributed by atoms with Crippen molar-refractivity contribution in [3.05, 3.63) is 65.2 Å². The summed E-state index contributed by atoms with van der Waals surface area (Å²) in [5, 5.41) is 12.9. The molecule has 2 atom stereocenters. The monoisotopic (exact) mass is 347 g/mol. The van der Waals surface area contributed by atoms with Gasteiger partial charge in [0.05, 0.1) is 25.2 Å². The van der Waals surface area contributed by atoms with Gasteiger partial charge in [0.1, 0.15) is 5.82 Å². The van der Waals surface area contributed by atoms with Crippen molar-refractivity contribution in [3.8, 4) is 5.75 Å². The number of hydrogen-bond donors (Lipinski definition) is 2. The van der Waals surface area contributed by atoms with Crippen LogP contribution >= 0.6 is 0 Å². The Morgan fingerprint density at radius 1 is 1.28 bits per heavy atom. The molecule has 3 rings (SSSR count). The van der Waals surface area contributed by atoms with Gasteiger partial charge >= 0.3 is 0 Å². The number of carbonyl (C=O) groups is 1. The number of halogens is 2. The second-order valence-corrected chi connectivity index (χ2v) is 6.04. The topological polar surface area (TPSA) is 58.6 Å². The molecule has 1 aliphatic heterocycles. The molecule has 1 aliphatic rings. The van der Waals surface area contributed by atoms with Gasteiger partial charge < -0.3 is 15.2 Å². The molecular formula is C19H19F2NO3.